The molecule has 2 amide bonds. The molecule has 0 spiro atoms. The Morgan fingerprint density at radius 1 is 0.966 bits per heavy atom. The van der Waals surface area contributed by atoms with E-state index in [2.05, 4.69) is 12.2 Å². The zero-order valence-corrected chi connectivity index (χ0v) is 18.6. The van der Waals surface area contributed by atoms with Gasteiger partial charge in [0.05, 0.1) is 12.0 Å². The summed E-state index contributed by atoms with van der Waals surface area (Å²) in [6.07, 6.45) is 5.96. The normalized spacial score (nSPS) is 14.6. The molecular weight excluding hydrogens is 376 g/mol. The van der Waals surface area contributed by atoms with Gasteiger partial charge < -0.3 is 15.2 Å². The number of ether oxygens (including phenoxy) is 1. The maximum Gasteiger partial charge on any atom is 0.302 e. The summed E-state index contributed by atoms with van der Waals surface area (Å²) < 4.78 is 5.05. The average molecular weight is 417 g/mol. The quantitative estimate of drug-likeness (QED) is 0.149. The lowest BCUT2D eigenvalue weighted by Gasteiger charge is -2.33. The summed E-state index contributed by atoms with van der Waals surface area (Å²) in [4.78, 5) is 35.7. The SMILES string of the molecule is CCCCCCCCC[C@@H](C(=O)N[C@H](COC(C)=O)C(C)(C)C)[C@H](O)C(=O)NO. The van der Waals surface area contributed by atoms with Crippen LogP contribution in [-0.4, -0.2) is 46.9 Å². The number of carbonyl (C=O) groups excluding carboxylic acids is 3. The van der Waals surface area contributed by atoms with E-state index in [1.54, 1.807) is 0 Å². The predicted octanol–water partition coefficient (Wildman–Crippen LogP) is 2.70. The summed E-state index contributed by atoms with van der Waals surface area (Å²) in [6.45, 7) is 9.12. The molecule has 0 aliphatic carbocycles. The molecule has 0 aromatic carbocycles. The van der Waals surface area contributed by atoms with Crippen LogP contribution in [0, 0.1) is 11.3 Å². The van der Waals surface area contributed by atoms with Crippen LogP contribution in [-0.2, 0) is 19.1 Å². The second-order valence-electron chi connectivity index (χ2n) is 8.67. The van der Waals surface area contributed by atoms with Crippen molar-refractivity contribution in [2.45, 2.75) is 98.1 Å². The number of unbranched alkanes of at least 4 members (excludes halogenated alkanes) is 6. The van der Waals surface area contributed by atoms with Gasteiger partial charge in [0.1, 0.15) is 12.7 Å². The maximum absolute atomic E-state index is 12.8. The topological polar surface area (TPSA) is 125 Å². The Morgan fingerprint density at radius 2 is 1.52 bits per heavy atom. The van der Waals surface area contributed by atoms with E-state index in [-0.39, 0.29) is 6.61 Å². The van der Waals surface area contributed by atoms with Crippen molar-refractivity contribution in [3.63, 3.8) is 0 Å². The molecule has 3 atom stereocenters. The summed E-state index contributed by atoms with van der Waals surface area (Å²) >= 11 is 0. The van der Waals surface area contributed by atoms with Crippen LogP contribution < -0.4 is 10.8 Å². The highest BCUT2D eigenvalue weighted by Gasteiger charge is 2.35. The van der Waals surface area contributed by atoms with Gasteiger partial charge in [0.25, 0.3) is 5.91 Å². The van der Waals surface area contributed by atoms with Gasteiger partial charge in [0, 0.05) is 6.92 Å². The number of aliphatic hydroxyl groups excluding tert-OH is 1. The van der Waals surface area contributed by atoms with Crippen molar-refractivity contribution in [3.8, 4) is 0 Å². The van der Waals surface area contributed by atoms with Gasteiger partial charge in [0.15, 0.2) is 0 Å². The van der Waals surface area contributed by atoms with Gasteiger partial charge in [-0.1, -0.05) is 72.6 Å². The number of amides is 2. The summed E-state index contributed by atoms with van der Waals surface area (Å²) in [5.74, 6) is -2.97. The van der Waals surface area contributed by atoms with Gasteiger partial charge in [-0.15, -0.1) is 0 Å². The van der Waals surface area contributed by atoms with E-state index in [1.807, 2.05) is 20.8 Å². The fourth-order valence-electron chi connectivity index (χ4n) is 2.99. The summed E-state index contributed by atoms with van der Waals surface area (Å²) in [5, 5.41) is 21.9. The van der Waals surface area contributed by atoms with E-state index in [0.717, 1.165) is 19.3 Å². The molecule has 0 saturated heterocycles. The van der Waals surface area contributed by atoms with E-state index in [0.29, 0.717) is 12.8 Å². The molecule has 0 unspecified atom stereocenters. The summed E-state index contributed by atoms with van der Waals surface area (Å²) in [6, 6.07) is -0.486. The van der Waals surface area contributed by atoms with Crippen LogP contribution in [0.15, 0.2) is 0 Å². The number of carbonyl (C=O) groups is 3. The van der Waals surface area contributed by atoms with Crippen LogP contribution in [0.3, 0.4) is 0 Å². The Hall–Kier alpha value is -1.67. The second-order valence-corrected chi connectivity index (χ2v) is 8.67. The molecule has 4 N–H and O–H groups in total. The number of rotatable bonds is 14. The maximum atomic E-state index is 12.8. The number of nitrogens with one attached hydrogen (secondary N) is 2. The fourth-order valence-corrected chi connectivity index (χ4v) is 2.99. The Labute approximate surface area is 174 Å². The molecule has 0 saturated carbocycles. The zero-order valence-electron chi connectivity index (χ0n) is 18.6. The Balaban J connectivity index is 4.97. The van der Waals surface area contributed by atoms with Crippen molar-refractivity contribution < 1.29 is 29.4 Å². The minimum atomic E-state index is -1.66. The lowest BCUT2D eigenvalue weighted by Crippen LogP contribution is -2.52. The number of aliphatic hydroxyl groups is 1. The van der Waals surface area contributed by atoms with Crippen molar-refractivity contribution in [1.29, 1.82) is 0 Å². The average Bonchev–Trinajstić information content (AvgIpc) is 2.64. The molecule has 8 heteroatoms. The molecule has 0 bridgehead atoms. The molecule has 29 heavy (non-hydrogen) atoms. The molecule has 170 valence electrons. The lowest BCUT2D eigenvalue weighted by molar-refractivity contribution is -0.148. The number of esters is 1. The van der Waals surface area contributed by atoms with E-state index >= 15 is 0 Å². The van der Waals surface area contributed by atoms with Crippen LogP contribution >= 0.6 is 0 Å². The van der Waals surface area contributed by atoms with Crippen molar-refractivity contribution in [3.05, 3.63) is 0 Å². The molecule has 0 aliphatic rings. The van der Waals surface area contributed by atoms with Gasteiger partial charge in [-0.25, -0.2) is 5.48 Å². The Morgan fingerprint density at radius 3 is 2.00 bits per heavy atom. The predicted molar refractivity (Wildman–Crippen MR) is 110 cm³/mol. The number of hydroxylamine groups is 1. The largest absolute Gasteiger partial charge is 0.464 e. The first-order valence-electron chi connectivity index (χ1n) is 10.6. The van der Waals surface area contributed by atoms with Crippen LogP contribution in [0.25, 0.3) is 0 Å². The molecule has 0 heterocycles. The van der Waals surface area contributed by atoms with E-state index in [9.17, 15) is 19.5 Å². The molecule has 0 aromatic heterocycles. The summed E-state index contributed by atoms with van der Waals surface area (Å²) in [5.41, 5.74) is 1.01. The van der Waals surface area contributed by atoms with Crippen LogP contribution in [0.4, 0.5) is 0 Å². The molecule has 8 nitrogen and oxygen atoms in total. The van der Waals surface area contributed by atoms with Crippen molar-refractivity contribution in [2.24, 2.45) is 11.3 Å². The van der Waals surface area contributed by atoms with E-state index in [4.69, 9.17) is 9.94 Å². The van der Waals surface area contributed by atoms with Gasteiger partial charge in [-0.3, -0.25) is 19.6 Å². The van der Waals surface area contributed by atoms with Crippen LogP contribution in [0.1, 0.15) is 86.0 Å². The standard InChI is InChI=1S/C21H40N2O6/c1-6-7-8-9-10-11-12-13-16(18(25)20(27)23-28)19(26)22-17(21(3,4)5)14-29-15(2)24/h16-18,25,28H,6-14H2,1-5H3,(H,22,26)(H,23,27)/t16-,17-,18+/m1/s1. The van der Waals surface area contributed by atoms with E-state index < -0.39 is 41.3 Å². The zero-order chi connectivity index (χ0) is 22.4. The van der Waals surface area contributed by atoms with Gasteiger partial charge >= 0.3 is 5.97 Å². The van der Waals surface area contributed by atoms with Gasteiger partial charge in [0.2, 0.25) is 5.91 Å². The molecule has 0 fully saturated rings. The van der Waals surface area contributed by atoms with Crippen molar-refractivity contribution in [1.82, 2.24) is 10.8 Å². The molecule has 0 radical (unpaired) electrons. The van der Waals surface area contributed by atoms with Gasteiger partial charge in [-0.2, -0.15) is 0 Å². The number of hydrogen-bond donors (Lipinski definition) is 4. The van der Waals surface area contributed by atoms with E-state index in [1.165, 1.54) is 31.7 Å². The van der Waals surface area contributed by atoms with Gasteiger partial charge in [-0.05, 0) is 11.8 Å². The first-order valence-corrected chi connectivity index (χ1v) is 10.6. The fraction of sp³-hybridized carbons (Fsp3) is 0.857. The highest BCUT2D eigenvalue weighted by Crippen LogP contribution is 2.22. The third-order valence-corrected chi connectivity index (χ3v) is 5.03. The van der Waals surface area contributed by atoms with Crippen LogP contribution in [0.5, 0.6) is 0 Å². The second kappa shape index (κ2) is 14.3. The van der Waals surface area contributed by atoms with Crippen molar-refractivity contribution >= 4 is 17.8 Å². The lowest BCUT2D eigenvalue weighted by atomic mass is 9.86. The first-order chi connectivity index (χ1) is 13.5. The molecule has 0 aliphatic heterocycles. The molecule has 0 aromatic rings. The summed E-state index contributed by atoms with van der Waals surface area (Å²) in [7, 11) is 0. The monoisotopic (exact) mass is 416 g/mol. The Bertz CT molecular complexity index is 504. The number of hydrogen-bond acceptors (Lipinski definition) is 6. The van der Waals surface area contributed by atoms with Crippen molar-refractivity contribution in [2.75, 3.05) is 6.61 Å². The minimum absolute atomic E-state index is 0.00296. The Kier molecular flexibility index (Phi) is 13.5. The molecular formula is C21H40N2O6. The highest BCUT2D eigenvalue weighted by molar-refractivity contribution is 5.88. The third kappa shape index (κ3) is 11.8. The third-order valence-electron chi connectivity index (χ3n) is 5.03. The molecule has 0 rings (SSSR count). The smallest absolute Gasteiger partial charge is 0.302 e. The highest BCUT2D eigenvalue weighted by atomic mass is 16.5. The minimum Gasteiger partial charge on any atom is -0.464 e. The first kappa shape index (κ1) is 27.3. The van der Waals surface area contributed by atoms with Crippen LogP contribution in [0.2, 0.25) is 0 Å².